The van der Waals surface area contributed by atoms with Gasteiger partial charge in [-0.3, -0.25) is 4.79 Å². The Morgan fingerprint density at radius 3 is 2.38 bits per heavy atom. The van der Waals surface area contributed by atoms with E-state index >= 15 is 0 Å². The summed E-state index contributed by atoms with van der Waals surface area (Å²) in [7, 11) is 4.82. The summed E-state index contributed by atoms with van der Waals surface area (Å²) in [5.74, 6) is 0.488. The minimum Gasteiger partial charge on any atom is -0.481 e. The van der Waals surface area contributed by atoms with Gasteiger partial charge in [-0.05, 0) is 6.07 Å². The highest BCUT2D eigenvalue weighted by Gasteiger charge is 2.10. The monoisotopic (exact) mass is 225 g/mol. The number of rotatable bonds is 2. The second-order valence-corrected chi connectivity index (χ2v) is 3.02. The van der Waals surface area contributed by atoms with Crippen molar-refractivity contribution >= 4 is 11.7 Å². The van der Waals surface area contributed by atoms with E-state index in [2.05, 4.69) is 4.98 Å². The first kappa shape index (κ1) is 14.2. The Morgan fingerprint density at radius 1 is 1.38 bits per heavy atom. The van der Waals surface area contributed by atoms with Crippen molar-refractivity contribution in [2.45, 2.75) is 13.8 Å². The van der Waals surface area contributed by atoms with Crippen LogP contribution in [0.4, 0.5) is 5.82 Å². The van der Waals surface area contributed by atoms with Crippen molar-refractivity contribution in [3.63, 3.8) is 0 Å². The molecule has 0 bridgehead atoms. The molecule has 5 nitrogen and oxygen atoms in total. The summed E-state index contributed by atoms with van der Waals surface area (Å²) in [6.45, 7) is 4.00. The average molecular weight is 225 g/mol. The molecule has 0 saturated carbocycles. The van der Waals surface area contributed by atoms with Crippen LogP contribution in [-0.2, 0) is 0 Å². The fourth-order valence-corrected chi connectivity index (χ4v) is 1.01. The van der Waals surface area contributed by atoms with Gasteiger partial charge in [0, 0.05) is 25.7 Å². The molecule has 0 fully saturated rings. The maximum atomic E-state index is 11.6. The fourth-order valence-electron chi connectivity index (χ4n) is 1.01. The summed E-state index contributed by atoms with van der Waals surface area (Å²) >= 11 is 0. The van der Waals surface area contributed by atoms with Crippen LogP contribution >= 0.6 is 0 Å². The van der Waals surface area contributed by atoms with Crippen LogP contribution in [0.3, 0.4) is 0 Å². The van der Waals surface area contributed by atoms with Crippen LogP contribution in [0.1, 0.15) is 24.2 Å². The Labute approximate surface area is 96.2 Å². The first-order valence-corrected chi connectivity index (χ1v) is 5.08. The van der Waals surface area contributed by atoms with E-state index in [1.54, 1.807) is 20.2 Å². The van der Waals surface area contributed by atoms with Crippen molar-refractivity contribution in [2.24, 2.45) is 0 Å². The Bertz CT molecular complexity index is 351. The van der Waals surface area contributed by atoms with Crippen molar-refractivity contribution < 1.29 is 9.53 Å². The Morgan fingerprint density at radius 2 is 1.94 bits per heavy atom. The number of methoxy groups -OCH3 is 1. The third-order valence-electron chi connectivity index (χ3n) is 1.68. The minimum atomic E-state index is -0.127. The molecule has 0 unspecified atom stereocenters. The minimum absolute atomic E-state index is 0.127. The summed E-state index contributed by atoms with van der Waals surface area (Å²) in [4.78, 5) is 16.9. The summed E-state index contributed by atoms with van der Waals surface area (Å²) in [6.07, 6.45) is 0. The fraction of sp³-hybridized carbons (Fsp3) is 0.455. The number of nitrogens with zero attached hydrogens (tertiary/aromatic N) is 2. The second-order valence-electron chi connectivity index (χ2n) is 3.02. The molecule has 5 heteroatoms. The molecule has 0 saturated heterocycles. The normalized spacial score (nSPS) is 8.81. The first-order chi connectivity index (χ1) is 7.54. The van der Waals surface area contributed by atoms with Crippen LogP contribution in [0, 0.1) is 0 Å². The van der Waals surface area contributed by atoms with E-state index in [9.17, 15) is 4.79 Å². The summed E-state index contributed by atoms with van der Waals surface area (Å²) in [5, 5.41) is 0. The largest absolute Gasteiger partial charge is 0.481 e. The van der Waals surface area contributed by atoms with Gasteiger partial charge < -0.3 is 15.4 Å². The number of aromatic nitrogens is 1. The molecule has 1 rings (SSSR count). The van der Waals surface area contributed by atoms with Gasteiger partial charge in [0.2, 0.25) is 5.88 Å². The van der Waals surface area contributed by atoms with E-state index in [0.29, 0.717) is 11.4 Å². The average Bonchev–Trinajstić information content (AvgIpc) is 2.29. The van der Waals surface area contributed by atoms with E-state index in [1.165, 1.54) is 18.1 Å². The van der Waals surface area contributed by atoms with Gasteiger partial charge in [-0.15, -0.1) is 0 Å². The molecule has 0 aromatic carbocycles. The van der Waals surface area contributed by atoms with Crippen LogP contribution in [0.25, 0.3) is 0 Å². The van der Waals surface area contributed by atoms with Crippen molar-refractivity contribution in [1.82, 2.24) is 9.88 Å². The number of nitrogen functional groups attached to an aromatic ring is 1. The third kappa shape index (κ3) is 3.76. The van der Waals surface area contributed by atoms with Gasteiger partial charge in [-0.1, -0.05) is 13.8 Å². The van der Waals surface area contributed by atoms with Crippen LogP contribution in [0.15, 0.2) is 12.1 Å². The van der Waals surface area contributed by atoms with Gasteiger partial charge in [0.15, 0.2) is 0 Å². The highest BCUT2D eigenvalue weighted by atomic mass is 16.5. The lowest BCUT2D eigenvalue weighted by molar-refractivity contribution is 0.0827. The van der Waals surface area contributed by atoms with Gasteiger partial charge in [0.25, 0.3) is 5.91 Å². The number of carbonyl (C=O) groups is 1. The summed E-state index contributed by atoms with van der Waals surface area (Å²) < 4.78 is 4.90. The molecule has 1 aromatic rings. The number of ether oxygens (including phenoxy) is 1. The van der Waals surface area contributed by atoms with Crippen molar-refractivity contribution in [1.29, 1.82) is 0 Å². The third-order valence-corrected chi connectivity index (χ3v) is 1.68. The molecule has 0 spiro atoms. The lowest BCUT2D eigenvalue weighted by atomic mass is 10.2. The number of amides is 1. The number of carbonyl (C=O) groups excluding carboxylic acids is 1. The molecule has 0 aliphatic rings. The smallest absolute Gasteiger partial charge is 0.253 e. The predicted octanol–water partition coefficient (Wildman–Crippen LogP) is 1.40. The predicted molar refractivity (Wildman–Crippen MR) is 64.6 cm³/mol. The van der Waals surface area contributed by atoms with Gasteiger partial charge in [0.1, 0.15) is 5.82 Å². The maximum absolute atomic E-state index is 11.6. The molecular formula is C11H19N3O2. The molecule has 90 valence electrons. The number of pyridine rings is 1. The van der Waals surface area contributed by atoms with E-state index in [-0.39, 0.29) is 11.7 Å². The number of hydrogen-bond donors (Lipinski definition) is 1. The summed E-state index contributed by atoms with van der Waals surface area (Å²) in [6, 6.07) is 3.07. The van der Waals surface area contributed by atoms with E-state index in [0.717, 1.165) is 0 Å². The standard InChI is InChI=1S/C9H13N3O2.C2H6/c1-12(2)9(13)6-4-7(10)11-8(5-6)14-3;1-2/h4-5H,1-3H3,(H2,10,11);1-2H3. The zero-order valence-corrected chi connectivity index (χ0v) is 10.4. The van der Waals surface area contributed by atoms with Gasteiger partial charge in [0.05, 0.1) is 7.11 Å². The van der Waals surface area contributed by atoms with E-state index in [1.807, 2.05) is 13.8 Å². The number of hydrogen-bond acceptors (Lipinski definition) is 4. The molecule has 16 heavy (non-hydrogen) atoms. The highest BCUT2D eigenvalue weighted by Crippen LogP contribution is 2.14. The summed E-state index contributed by atoms with van der Waals surface area (Å²) in [5.41, 5.74) is 5.98. The SMILES string of the molecule is CC.COc1cc(C(=O)N(C)C)cc(N)n1. The Balaban J connectivity index is 0.00000106. The first-order valence-electron chi connectivity index (χ1n) is 5.08. The number of nitrogens with two attached hydrogens (primary N) is 1. The Hall–Kier alpha value is -1.78. The topological polar surface area (TPSA) is 68.5 Å². The lowest BCUT2D eigenvalue weighted by Crippen LogP contribution is -2.22. The quantitative estimate of drug-likeness (QED) is 0.826. The zero-order chi connectivity index (χ0) is 12.7. The van der Waals surface area contributed by atoms with E-state index < -0.39 is 0 Å². The molecular weight excluding hydrogens is 206 g/mol. The zero-order valence-electron chi connectivity index (χ0n) is 10.4. The Kier molecular flexibility index (Phi) is 5.92. The van der Waals surface area contributed by atoms with Crippen LogP contribution in [0.5, 0.6) is 5.88 Å². The lowest BCUT2D eigenvalue weighted by Gasteiger charge is -2.11. The molecule has 0 atom stereocenters. The molecule has 0 aliphatic carbocycles. The van der Waals surface area contributed by atoms with Crippen molar-refractivity contribution in [2.75, 3.05) is 26.9 Å². The van der Waals surface area contributed by atoms with Crippen LogP contribution in [-0.4, -0.2) is 37.0 Å². The van der Waals surface area contributed by atoms with Crippen molar-refractivity contribution in [3.05, 3.63) is 17.7 Å². The van der Waals surface area contributed by atoms with Gasteiger partial charge in [-0.2, -0.15) is 4.98 Å². The number of anilines is 1. The van der Waals surface area contributed by atoms with Crippen molar-refractivity contribution in [3.8, 4) is 5.88 Å². The van der Waals surface area contributed by atoms with Crippen LogP contribution in [0.2, 0.25) is 0 Å². The molecule has 1 heterocycles. The van der Waals surface area contributed by atoms with Gasteiger partial charge in [-0.25, -0.2) is 0 Å². The van der Waals surface area contributed by atoms with Gasteiger partial charge >= 0.3 is 0 Å². The molecule has 0 aliphatic heterocycles. The molecule has 0 radical (unpaired) electrons. The highest BCUT2D eigenvalue weighted by molar-refractivity contribution is 5.94. The molecule has 1 aromatic heterocycles. The molecule has 2 N–H and O–H groups in total. The van der Waals surface area contributed by atoms with Crippen LogP contribution < -0.4 is 10.5 Å². The van der Waals surface area contributed by atoms with E-state index in [4.69, 9.17) is 10.5 Å². The maximum Gasteiger partial charge on any atom is 0.253 e. The second kappa shape index (κ2) is 6.66. The molecule has 1 amide bonds.